The smallest absolute Gasteiger partial charge is 0.273 e. The molecule has 12 heteroatoms. The number of aliphatic hydroxyl groups excluding tert-OH is 2. The van der Waals surface area contributed by atoms with Crippen molar-refractivity contribution >= 4 is 43.5 Å². The fourth-order valence-electron chi connectivity index (χ4n) is 5.02. The number of aromatic nitrogens is 2. The Balaban J connectivity index is 1.74. The van der Waals surface area contributed by atoms with Crippen LogP contribution < -0.4 is 16.6 Å². The quantitative estimate of drug-likeness (QED) is 0.309. The lowest BCUT2D eigenvalue weighted by Gasteiger charge is -2.40. The number of nitrogen functional groups attached to an aromatic ring is 1. The molecule has 5 unspecified atom stereocenters. The van der Waals surface area contributed by atoms with Crippen LogP contribution in [0, 0.1) is 0 Å². The Morgan fingerprint density at radius 3 is 2.51 bits per heavy atom. The van der Waals surface area contributed by atoms with Gasteiger partial charge in [-0.25, -0.2) is 4.99 Å². The second-order valence-corrected chi connectivity index (χ2v) is 15.3. The van der Waals surface area contributed by atoms with E-state index in [-0.39, 0.29) is 21.6 Å². The summed E-state index contributed by atoms with van der Waals surface area (Å²) in [5, 5.41) is 36.8. The molecule has 0 bridgehead atoms. The molecule has 5 atom stereocenters. The van der Waals surface area contributed by atoms with Crippen LogP contribution in [0.5, 0.6) is 0 Å². The maximum Gasteiger partial charge on any atom is 0.273 e. The van der Waals surface area contributed by atoms with Crippen molar-refractivity contribution in [3.8, 4) is 0 Å². The summed E-state index contributed by atoms with van der Waals surface area (Å²) >= 11 is 0. The molecule has 0 saturated carbocycles. The lowest BCUT2D eigenvalue weighted by Crippen LogP contribution is -2.50. The summed E-state index contributed by atoms with van der Waals surface area (Å²) < 4.78 is 13.8. The Morgan fingerprint density at radius 1 is 1.29 bits per heavy atom. The van der Waals surface area contributed by atoms with Gasteiger partial charge in [-0.3, -0.25) is 4.79 Å². The van der Waals surface area contributed by atoms with Crippen molar-refractivity contribution in [2.45, 2.75) is 88.9 Å². The van der Waals surface area contributed by atoms with E-state index in [0.717, 1.165) is 0 Å². The SMILES string of the molecule is CC1(O)C(O)C(C(O)O[Si](C(C)(C)C)C(C)(C)C)OC1n1cc2c(N)cc(=O)nc3c2c1N=CN3. The van der Waals surface area contributed by atoms with Gasteiger partial charge in [0.2, 0.25) is 9.04 Å². The van der Waals surface area contributed by atoms with Gasteiger partial charge in [-0.1, -0.05) is 41.5 Å². The molecule has 2 aromatic heterocycles. The Labute approximate surface area is 205 Å². The average Bonchev–Trinajstić information content (AvgIpc) is 3.16. The van der Waals surface area contributed by atoms with Crippen LogP contribution in [0.3, 0.4) is 0 Å². The van der Waals surface area contributed by atoms with Gasteiger partial charge in [0.1, 0.15) is 29.4 Å². The number of hydrogen-bond acceptors (Lipinski definition) is 10. The summed E-state index contributed by atoms with van der Waals surface area (Å²) in [7, 11) is -1.61. The number of nitrogens with one attached hydrogen (secondary N) is 1. The summed E-state index contributed by atoms with van der Waals surface area (Å²) in [6.07, 6.45) is -2.33. The molecule has 0 spiro atoms. The third-order valence-electron chi connectivity index (χ3n) is 6.27. The molecule has 0 aliphatic carbocycles. The zero-order chi connectivity index (χ0) is 26.1. The zero-order valence-corrected chi connectivity index (χ0v) is 22.0. The Bertz CT molecular complexity index is 1220. The minimum Gasteiger partial charge on any atom is -0.398 e. The molecule has 1 radical (unpaired) electrons. The number of rotatable bonds is 4. The predicted molar refractivity (Wildman–Crippen MR) is 135 cm³/mol. The van der Waals surface area contributed by atoms with E-state index in [2.05, 4.69) is 56.8 Å². The number of aliphatic hydroxyl groups is 3. The number of nitrogens with zero attached hydrogens (tertiary/aromatic N) is 3. The van der Waals surface area contributed by atoms with Gasteiger partial charge in [0.15, 0.2) is 12.5 Å². The van der Waals surface area contributed by atoms with E-state index in [9.17, 15) is 20.1 Å². The maximum atomic E-state index is 12.0. The first-order valence-corrected chi connectivity index (χ1v) is 12.9. The molecule has 2 aliphatic heterocycles. The van der Waals surface area contributed by atoms with Gasteiger partial charge < -0.3 is 40.1 Å². The van der Waals surface area contributed by atoms with Crippen LogP contribution >= 0.6 is 0 Å². The van der Waals surface area contributed by atoms with E-state index in [1.54, 1.807) is 6.20 Å². The topological polar surface area (TPSA) is 164 Å². The first-order chi connectivity index (χ1) is 16.0. The molecule has 6 N–H and O–H groups in total. The van der Waals surface area contributed by atoms with Crippen molar-refractivity contribution in [1.82, 2.24) is 9.55 Å². The number of aliphatic imine (C=N–C) groups is 1. The van der Waals surface area contributed by atoms with E-state index in [1.807, 2.05) is 0 Å². The van der Waals surface area contributed by atoms with Gasteiger partial charge in [-0.15, -0.1) is 0 Å². The molecular weight excluding hydrogens is 470 g/mol. The van der Waals surface area contributed by atoms with E-state index < -0.39 is 44.9 Å². The molecule has 4 heterocycles. The Kier molecular flexibility index (Phi) is 6.14. The lowest BCUT2D eigenvalue weighted by atomic mass is 9.96. The fraction of sp³-hybridized carbons (Fsp3) is 0.609. The summed E-state index contributed by atoms with van der Waals surface area (Å²) in [6.45, 7) is 13.7. The third-order valence-corrected chi connectivity index (χ3v) is 9.48. The van der Waals surface area contributed by atoms with E-state index in [0.29, 0.717) is 16.6 Å². The van der Waals surface area contributed by atoms with Crippen LogP contribution in [0.1, 0.15) is 54.7 Å². The molecule has 11 nitrogen and oxygen atoms in total. The summed E-state index contributed by atoms with van der Waals surface area (Å²) in [5.74, 6) is 0.609. The van der Waals surface area contributed by atoms with Crippen molar-refractivity contribution < 1.29 is 24.5 Å². The molecule has 35 heavy (non-hydrogen) atoms. The first-order valence-electron chi connectivity index (χ1n) is 11.5. The standard InChI is InChI=1S/C23H34N5O6Si/c1-21(2,3)35(22(4,5)6)34-19(31)15-16(30)23(7,32)20(33-15)28-9-11-12(24)8-13(29)27-17-14(11)18(28)26-10-25-17/h8-10,15-16,19-20,30-32H,24H2,1-7H3,(H,25,26,27,29). The molecule has 2 aromatic rings. The van der Waals surface area contributed by atoms with Gasteiger partial charge in [-0.2, -0.15) is 4.98 Å². The van der Waals surface area contributed by atoms with Crippen LogP contribution in [0.2, 0.25) is 10.1 Å². The van der Waals surface area contributed by atoms with Crippen LogP contribution in [-0.2, 0) is 9.16 Å². The summed E-state index contributed by atoms with van der Waals surface area (Å²) in [4.78, 5) is 20.4. The zero-order valence-electron chi connectivity index (χ0n) is 21.0. The number of hydrogen-bond donors (Lipinski definition) is 5. The average molecular weight is 505 g/mol. The molecular formula is C23H34N5O6Si. The predicted octanol–water partition coefficient (Wildman–Crippen LogP) is 2.00. The molecule has 1 saturated heterocycles. The van der Waals surface area contributed by atoms with Crippen molar-refractivity contribution in [3.63, 3.8) is 0 Å². The van der Waals surface area contributed by atoms with Gasteiger partial charge in [0, 0.05) is 23.3 Å². The van der Waals surface area contributed by atoms with E-state index in [1.165, 1.54) is 23.9 Å². The summed E-state index contributed by atoms with van der Waals surface area (Å²) in [6, 6.07) is 1.21. The number of ether oxygens (including phenoxy) is 1. The molecule has 0 aromatic carbocycles. The highest BCUT2D eigenvalue weighted by Crippen LogP contribution is 2.48. The van der Waals surface area contributed by atoms with Crippen LogP contribution in [0.15, 0.2) is 22.1 Å². The van der Waals surface area contributed by atoms with E-state index >= 15 is 0 Å². The lowest BCUT2D eigenvalue weighted by molar-refractivity contribution is -0.159. The largest absolute Gasteiger partial charge is 0.398 e. The van der Waals surface area contributed by atoms with Gasteiger partial charge in [0.05, 0.1) is 11.7 Å². The van der Waals surface area contributed by atoms with Gasteiger partial charge in [0.25, 0.3) is 5.56 Å². The normalized spacial score (nSPS) is 27.5. The second kappa shape index (κ2) is 8.35. The molecule has 0 amide bonds. The van der Waals surface area contributed by atoms with Crippen LogP contribution in [0.25, 0.3) is 10.8 Å². The fourth-order valence-corrected chi connectivity index (χ4v) is 8.35. The van der Waals surface area contributed by atoms with Crippen molar-refractivity contribution in [3.05, 3.63) is 22.6 Å². The molecule has 1 fully saturated rings. The monoisotopic (exact) mass is 504 g/mol. The summed E-state index contributed by atoms with van der Waals surface area (Å²) in [5.41, 5.74) is 3.99. The van der Waals surface area contributed by atoms with Crippen molar-refractivity contribution in [2.75, 3.05) is 11.1 Å². The highest BCUT2D eigenvalue weighted by Gasteiger charge is 2.57. The van der Waals surface area contributed by atoms with Gasteiger partial charge >= 0.3 is 0 Å². The maximum absolute atomic E-state index is 12.0. The molecule has 4 rings (SSSR count). The third kappa shape index (κ3) is 4.38. The van der Waals surface area contributed by atoms with Crippen LogP contribution in [-0.4, -0.2) is 64.3 Å². The first kappa shape index (κ1) is 25.7. The number of anilines is 2. The highest BCUT2D eigenvalue weighted by molar-refractivity contribution is 6.58. The van der Waals surface area contributed by atoms with Crippen LogP contribution in [0.4, 0.5) is 17.3 Å². The number of nitrogens with two attached hydrogens (primary N) is 1. The van der Waals surface area contributed by atoms with Crippen molar-refractivity contribution in [1.29, 1.82) is 0 Å². The van der Waals surface area contributed by atoms with E-state index in [4.69, 9.17) is 14.9 Å². The van der Waals surface area contributed by atoms with Gasteiger partial charge in [-0.05, 0) is 17.0 Å². The Morgan fingerprint density at radius 2 is 1.91 bits per heavy atom. The highest BCUT2D eigenvalue weighted by atomic mass is 28.3. The minimum absolute atomic E-state index is 0.184. The van der Waals surface area contributed by atoms with Crippen molar-refractivity contribution in [2.24, 2.45) is 4.99 Å². The second-order valence-electron chi connectivity index (χ2n) is 11.4. The minimum atomic E-state index is -1.81. The molecule has 191 valence electrons. The molecule has 2 aliphatic rings. The Hall–Kier alpha value is -2.35.